The number of thioether (sulfide) groups is 1. The molecule has 0 N–H and O–H groups in total. The van der Waals surface area contributed by atoms with Crippen molar-refractivity contribution in [2.24, 2.45) is 0 Å². The number of aromatic nitrogens is 3. The van der Waals surface area contributed by atoms with Crippen molar-refractivity contribution in [3.8, 4) is 10.6 Å². The van der Waals surface area contributed by atoms with E-state index in [0.717, 1.165) is 29.1 Å². The minimum Gasteiger partial charge on any atom is -0.465 e. The topological polar surface area (TPSA) is 83.3 Å². The molecule has 1 aliphatic heterocycles. The van der Waals surface area contributed by atoms with Crippen LogP contribution in [0.1, 0.15) is 28.9 Å². The first-order valence-corrected chi connectivity index (χ1v) is 12.9. The number of benzene rings is 2. The Morgan fingerprint density at radius 2 is 2.09 bits per heavy atom. The smallest absolute Gasteiger partial charge is 0.337 e. The van der Waals surface area contributed by atoms with Gasteiger partial charge in [0.25, 0.3) is 5.56 Å². The quantitative estimate of drug-likeness (QED) is 0.208. The molecule has 0 bridgehead atoms. The predicted octanol–water partition coefficient (Wildman–Crippen LogP) is 4.78. The number of hydrogen-bond acceptors (Lipinski definition) is 8. The van der Waals surface area contributed by atoms with Gasteiger partial charge in [0.05, 0.1) is 41.9 Å². The lowest BCUT2D eigenvalue weighted by Crippen LogP contribution is -2.29. The standard InChI is InChI=1S/C25H23N3O4S2/c1-31-24(30)17-9-10-20-21(12-17)27-25(28(23(20)29)13-19-8-5-11-32-19)34-15-18-14-33-22(26-18)16-6-3-2-4-7-16/h2-4,6-7,9-10,12,14,19H,5,8,11,13,15H2,1H3. The van der Waals surface area contributed by atoms with Crippen molar-refractivity contribution in [3.63, 3.8) is 0 Å². The molecular weight excluding hydrogens is 470 g/mol. The minimum atomic E-state index is -0.461. The second-order valence-electron chi connectivity index (χ2n) is 7.97. The summed E-state index contributed by atoms with van der Waals surface area (Å²) in [7, 11) is 1.33. The van der Waals surface area contributed by atoms with Crippen LogP contribution in [0.25, 0.3) is 21.5 Å². The number of fused-ring (bicyclic) bond motifs is 1. The highest BCUT2D eigenvalue weighted by Crippen LogP contribution is 2.28. The second-order valence-corrected chi connectivity index (χ2v) is 9.77. The number of carbonyl (C=O) groups is 1. The summed E-state index contributed by atoms with van der Waals surface area (Å²) in [4.78, 5) is 34.9. The Balaban J connectivity index is 1.47. The van der Waals surface area contributed by atoms with Gasteiger partial charge in [-0.05, 0) is 31.0 Å². The lowest BCUT2D eigenvalue weighted by Gasteiger charge is -2.16. The molecule has 0 saturated carbocycles. The van der Waals surface area contributed by atoms with Crippen molar-refractivity contribution in [2.45, 2.75) is 36.4 Å². The van der Waals surface area contributed by atoms with Crippen LogP contribution < -0.4 is 5.56 Å². The van der Waals surface area contributed by atoms with Gasteiger partial charge in [-0.25, -0.2) is 14.8 Å². The molecule has 34 heavy (non-hydrogen) atoms. The van der Waals surface area contributed by atoms with Gasteiger partial charge in [-0.3, -0.25) is 9.36 Å². The molecule has 2 aromatic carbocycles. The molecule has 0 spiro atoms. The Hall–Kier alpha value is -3.01. The third-order valence-electron chi connectivity index (χ3n) is 5.67. The van der Waals surface area contributed by atoms with E-state index in [1.165, 1.54) is 18.9 Å². The number of esters is 1. The van der Waals surface area contributed by atoms with Gasteiger partial charge in [0.1, 0.15) is 5.01 Å². The maximum atomic E-state index is 13.4. The van der Waals surface area contributed by atoms with Gasteiger partial charge in [0.2, 0.25) is 0 Å². The maximum absolute atomic E-state index is 13.4. The van der Waals surface area contributed by atoms with Crippen molar-refractivity contribution >= 4 is 40.0 Å². The molecule has 1 unspecified atom stereocenters. The van der Waals surface area contributed by atoms with Crippen molar-refractivity contribution in [2.75, 3.05) is 13.7 Å². The number of rotatable bonds is 7. The number of ether oxygens (including phenoxy) is 2. The van der Waals surface area contributed by atoms with Crippen LogP contribution in [-0.4, -0.2) is 40.3 Å². The van der Waals surface area contributed by atoms with E-state index in [9.17, 15) is 9.59 Å². The first-order chi connectivity index (χ1) is 16.6. The average molecular weight is 494 g/mol. The lowest BCUT2D eigenvalue weighted by atomic mass is 10.1. The number of carbonyl (C=O) groups excluding carboxylic acids is 1. The van der Waals surface area contributed by atoms with E-state index in [-0.39, 0.29) is 11.7 Å². The highest BCUT2D eigenvalue weighted by molar-refractivity contribution is 7.98. The van der Waals surface area contributed by atoms with Crippen LogP contribution in [0.2, 0.25) is 0 Å². The summed E-state index contributed by atoms with van der Waals surface area (Å²) >= 11 is 3.06. The fraction of sp³-hybridized carbons (Fsp3) is 0.280. The third-order valence-corrected chi connectivity index (χ3v) is 7.62. The van der Waals surface area contributed by atoms with E-state index in [0.29, 0.717) is 40.5 Å². The number of methoxy groups -OCH3 is 1. The molecule has 174 valence electrons. The van der Waals surface area contributed by atoms with Crippen molar-refractivity contribution < 1.29 is 14.3 Å². The Labute approximate surface area is 204 Å². The molecule has 1 saturated heterocycles. The average Bonchev–Trinajstić information content (AvgIpc) is 3.57. The molecule has 2 aromatic heterocycles. The van der Waals surface area contributed by atoms with Crippen LogP contribution in [0, 0.1) is 0 Å². The molecule has 0 amide bonds. The Bertz CT molecular complexity index is 1380. The summed E-state index contributed by atoms with van der Waals surface area (Å²) in [5, 5.41) is 4.05. The summed E-state index contributed by atoms with van der Waals surface area (Å²) < 4.78 is 12.3. The van der Waals surface area contributed by atoms with Gasteiger partial charge in [-0.1, -0.05) is 42.1 Å². The molecule has 1 aliphatic rings. The Morgan fingerprint density at radius 1 is 1.24 bits per heavy atom. The lowest BCUT2D eigenvalue weighted by molar-refractivity contribution is 0.0601. The molecule has 0 aliphatic carbocycles. The summed E-state index contributed by atoms with van der Waals surface area (Å²) in [5.74, 6) is 0.112. The fourth-order valence-corrected chi connectivity index (χ4v) is 5.77. The first kappa shape index (κ1) is 22.8. The summed E-state index contributed by atoms with van der Waals surface area (Å²) in [5.41, 5.74) is 2.71. The summed E-state index contributed by atoms with van der Waals surface area (Å²) in [6, 6.07) is 14.9. The van der Waals surface area contributed by atoms with Crippen LogP contribution in [0.15, 0.2) is 63.9 Å². The minimum absolute atomic E-state index is 0.00500. The van der Waals surface area contributed by atoms with Gasteiger partial charge in [0.15, 0.2) is 5.16 Å². The number of hydrogen-bond donors (Lipinski definition) is 0. The molecular formula is C25H23N3O4S2. The molecule has 5 rings (SSSR count). The van der Waals surface area contributed by atoms with Crippen LogP contribution in [0.3, 0.4) is 0 Å². The van der Waals surface area contributed by atoms with E-state index < -0.39 is 5.97 Å². The van der Waals surface area contributed by atoms with E-state index in [1.807, 2.05) is 35.7 Å². The van der Waals surface area contributed by atoms with Gasteiger partial charge < -0.3 is 9.47 Å². The molecule has 7 nitrogen and oxygen atoms in total. The van der Waals surface area contributed by atoms with E-state index in [2.05, 4.69) is 0 Å². The summed E-state index contributed by atoms with van der Waals surface area (Å²) in [6.07, 6.45) is 1.91. The summed E-state index contributed by atoms with van der Waals surface area (Å²) in [6.45, 7) is 1.17. The first-order valence-electron chi connectivity index (χ1n) is 11.0. The van der Waals surface area contributed by atoms with Gasteiger partial charge in [-0.2, -0.15) is 0 Å². The maximum Gasteiger partial charge on any atom is 0.337 e. The van der Waals surface area contributed by atoms with Crippen LogP contribution in [0.5, 0.6) is 0 Å². The van der Waals surface area contributed by atoms with E-state index in [4.69, 9.17) is 19.4 Å². The van der Waals surface area contributed by atoms with Gasteiger partial charge >= 0.3 is 5.97 Å². The zero-order valence-electron chi connectivity index (χ0n) is 18.6. The number of nitrogens with zero attached hydrogens (tertiary/aromatic N) is 3. The van der Waals surface area contributed by atoms with Crippen molar-refractivity contribution in [1.29, 1.82) is 0 Å². The van der Waals surface area contributed by atoms with Crippen LogP contribution >= 0.6 is 23.1 Å². The molecule has 4 aromatic rings. The molecule has 9 heteroatoms. The van der Waals surface area contributed by atoms with Gasteiger partial charge in [0, 0.05) is 23.3 Å². The normalized spacial score (nSPS) is 15.6. The third kappa shape index (κ3) is 4.77. The monoisotopic (exact) mass is 493 g/mol. The van der Waals surface area contributed by atoms with Crippen molar-refractivity contribution in [1.82, 2.24) is 14.5 Å². The van der Waals surface area contributed by atoms with Crippen molar-refractivity contribution in [3.05, 3.63) is 75.5 Å². The zero-order chi connectivity index (χ0) is 23.5. The van der Waals surface area contributed by atoms with Gasteiger partial charge in [-0.15, -0.1) is 11.3 Å². The Morgan fingerprint density at radius 3 is 2.85 bits per heavy atom. The largest absolute Gasteiger partial charge is 0.465 e. The zero-order valence-corrected chi connectivity index (χ0v) is 20.2. The number of thiazole rings is 1. The highest BCUT2D eigenvalue weighted by Gasteiger charge is 2.21. The molecule has 0 radical (unpaired) electrons. The second kappa shape index (κ2) is 10.1. The molecule has 1 atom stereocenters. The molecule has 3 heterocycles. The van der Waals surface area contributed by atoms with Crippen LogP contribution in [-0.2, 0) is 21.8 Å². The van der Waals surface area contributed by atoms with E-state index in [1.54, 1.807) is 34.1 Å². The predicted molar refractivity (Wildman–Crippen MR) is 133 cm³/mol. The fourth-order valence-electron chi connectivity index (χ4n) is 3.93. The molecule has 1 fully saturated rings. The van der Waals surface area contributed by atoms with E-state index >= 15 is 0 Å². The SMILES string of the molecule is COC(=O)c1ccc2c(=O)n(CC3CCCO3)c(SCc3csc(-c4ccccc4)n3)nc2c1. The highest BCUT2D eigenvalue weighted by atomic mass is 32.2. The Kier molecular flexibility index (Phi) is 6.75. The van der Waals surface area contributed by atoms with Crippen LogP contribution in [0.4, 0.5) is 0 Å².